The van der Waals surface area contributed by atoms with Gasteiger partial charge in [0.05, 0.1) is 18.8 Å². The molecule has 5 nitrogen and oxygen atoms in total. The van der Waals surface area contributed by atoms with Crippen molar-refractivity contribution in [3.05, 3.63) is 35.6 Å². The number of benzene rings is 1. The maximum atomic E-state index is 12.9. The van der Waals surface area contributed by atoms with Crippen LogP contribution in [0, 0.1) is 11.7 Å². The third kappa shape index (κ3) is 7.10. The second-order valence-corrected chi connectivity index (χ2v) is 6.96. The van der Waals surface area contributed by atoms with Gasteiger partial charge >= 0.3 is 0 Å². The number of aliphatic hydroxyl groups excluding tert-OH is 1. The maximum Gasteiger partial charge on any atom is 0.223 e. The van der Waals surface area contributed by atoms with E-state index in [9.17, 15) is 14.3 Å². The second kappa shape index (κ2) is 9.85. The summed E-state index contributed by atoms with van der Waals surface area (Å²) in [4.78, 5) is 14.5. The number of piperidine rings is 1. The van der Waals surface area contributed by atoms with Gasteiger partial charge in [0.1, 0.15) is 5.82 Å². The van der Waals surface area contributed by atoms with Crippen LogP contribution in [-0.2, 0) is 16.1 Å². The number of carbonyl (C=O) groups is 1. The quantitative estimate of drug-likeness (QED) is 0.751. The number of aliphatic hydroxyl groups is 1. The van der Waals surface area contributed by atoms with Gasteiger partial charge in [0.25, 0.3) is 0 Å². The lowest BCUT2D eigenvalue weighted by molar-refractivity contribution is -0.126. The Balaban J connectivity index is 1.66. The number of β-amino-alcohol motifs (C(OH)–C–C–N with tert-alkyl or cyclic N) is 1. The van der Waals surface area contributed by atoms with Crippen molar-refractivity contribution in [1.29, 1.82) is 0 Å². The predicted molar refractivity (Wildman–Crippen MR) is 94.5 cm³/mol. The first-order valence-corrected chi connectivity index (χ1v) is 8.98. The highest BCUT2D eigenvalue weighted by atomic mass is 19.1. The number of likely N-dealkylation sites (tertiary alicyclic amines) is 1. The lowest BCUT2D eigenvalue weighted by atomic mass is 9.95. The highest BCUT2D eigenvalue weighted by Crippen LogP contribution is 2.18. The summed E-state index contributed by atoms with van der Waals surface area (Å²) in [5, 5.41) is 12.9. The molecule has 1 heterocycles. The molecule has 1 saturated heterocycles. The fraction of sp³-hybridized carbons (Fsp3) is 0.632. The lowest BCUT2D eigenvalue weighted by Crippen LogP contribution is -2.43. The van der Waals surface area contributed by atoms with Crippen molar-refractivity contribution >= 4 is 5.91 Å². The number of halogens is 1. The molecule has 1 atom stereocenters. The van der Waals surface area contributed by atoms with E-state index in [1.54, 1.807) is 12.1 Å². The average molecular weight is 352 g/mol. The molecule has 0 bridgehead atoms. The molecule has 1 aliphatic heterocycles. The lowest BCUT2D eigenvalue weighted by Gasteiger charge is -2.32. The van der Waals surface area contributed by atoms with Crippen molar-refractivity contribution in [2.24, 2.45) is 5.92 Å². The van der Waals surface area contributed by atoms with Crippen LogP contribution in [0.3, 0.4) is 0 Å². The third-order valence-corrected chi connectivity index (χ3v) is 4.43. The minimum Gasteiger partial charge on any atom is -0.389 e. The summed E-state index contributed by atoms with van der Waals surface area (Å²) in [6.07, 6.45) is 1.19. The molecule has 1 aromatic carbocycles. The fourth-order valence-electron chi connectivity index (χ4n) is 2.97. The summed E-state index contributed by atoms with van der Waals surface area (Å²) in [7, 11) is 0. The number of ether oxygens (including phenoxy) is 1. The molecule has 1 aliphatic rings. The zero-order valence-electron chi connectivity index (χ0n) is 15.1. The SMILES string of the molecule is CC(C)OC[C@H](O)CN1CCC(C(=O)NCc2ccc(F)cc2)CC1. The molecule has 1 amide bonds. The highest BCUT2D eigenvalue weighted by Gasteiger charge is 2.25. The highest BCUT2D eigenvalue weighted by molar-refractivity contribution is 5.78. The van der Waals surface area contributed by atoms with Crippen LogP contribution in [0.4, 0.5) is 4.39 Å². The van der Waals surface area contributed by atoms with Gasteiger partial charge in [0, 0.05) is 19.0 Å². The molecule has 2 rings (SSSR count). The zero-order chi connectivity index (χ0) is 18.2. The van der Waals surface area contributed by atoms with E-state index in [-0.39, 0.29) is 23.7 Å². The Morgan fingerprint density at radius 1 is 1.32 bits per heavy atom. The summed E-state index contributed by atoms with van der Waals surface area (Å²) in [6.45, 7) is 6.84. The van der Waals surface area contributed by atoms with Crippen molar-refractivity contribution in [1.82, 2.24) is 10.2 Å². The second-order valence-electron chi connectivity index (χ2n) is 6.96. The van der Waals surface area contributed by atoms with Crippen molar-refractivity contribution in [3.63, 3.8) is 0 Å². The molecule has 25 heavy (non-hydrogen) atoms. The van der Waals surface area contributed by atoms with Crippen LogP contribution in [0.5, 0.6) is 0 Å². The Bertz CT molecular complexity index is 528. The Morgan fingerprint density at radius 3 is 2.56 bits per heavy atom. The number of rotatable bonds is 8. The Hall–Kier alpha value is -1.50. The van der Waals surface area contributed by atoms with Crippen LogP contribution < -0.4 is 5.32 Å². The van der Waals surface area contributed by atoms with Crippen LogP contribution in [0.2, 0.25) is 0 Å². The van der Waals surface area contributed by atoms with E-state index in [1.165, 1.54) is 12.1 Å². The van der Waals surface area contributed by atoms with Crippen molar-refractivity contribution in [3.8, 4) is 0 Å². The summed E-state index contributed by atoms with van der Waals surface area (Å²) in [5.74, 6) is -0.225. The minimum absolute atomic E-state index is 0.000699. The van der Waals surface area contributed by atoms with Gasteiger partial charge in [-0.2, -0.15) is 0 Å². The molecule has 1 fully saturated rings. The summed E-state index contributed by atoms with van der Waals surface area (Å²) in [6, 6.07) is 6.15. The normalized spacial score (nSPS) is 17.6. The molecule has 0 spiro atoms. The molecular weight excluding hydrogens is 323 g/mol. The van der Waals surface area contributed by atoms with E-state index < -0.39 is 6.10 Å². The Morgan fingerprint density at radius 2 is 1.96 bits per heavy atom. The Kier molecular flexibility index (Phi) is 7.81. The fourth-order valence-corrected chi connectivity index (χ4v) is 2.97. The first-order chi connectivity index (χ1) is 11.9. The molecule has 2 N–H and O–H groups in total. The first kappa shape index (κ1) is 19.8. The van der Waals surface area contributed by atoms with Gasteiger partial charge in [-0.05, 0) is 57.5 Å². The molecule has 0 aromatic heterocycles. The van der Waals surface area contributed by atoms with Gasteiger partial charge in [-0.3, -0.25) is 4.79 Å². The zero-order valence-corrected chi connectivity index (χ0v) is 15.1. The number of carbonyl (C=O) groups excluding carboxylic acids is 1. The molecule has 0 saturated carbocycles. The minimum atomic E-state index is -0.494. The predicted octanol–water partition coefficient (Wildman–Crippen LogP) is 1.94. The summed E-state index contributed by atoms with van der Waals surface area (Å²) < 4.78 is 18.3. The molecular formula is C19H29FN2O3. The van der Waals surface area contributed by atoms with Crippen LogP contribution >= 0.6 is 0 Å². The third-order valence-electron chi connectivity index (χ3n) is 4.43. The van der Waals surface area contributed by atoms with E-state index in [1.807, 2.05) is 13.8 Å². The van der Waals surface area contributed by atoms with Gasteiger partial charge in [0.15, 0.2) is 0 Å². The van der Waals surface area contributed by atoms with Crippen molar-refractivity contribution < 1.29 is 19.0 Å². The van der Waals surface area contributed by atoms with Gasteiger partial charge in [-0.1, -0.05) is 12.1 Å². The number of nitrogens with one attached hydrogen (secondary N) is 1. The van der Waals surface area contributed by atoms with Crippen LogP contribution in [0.15, 0.2) is 24.3 Å². The van der Waals surface area contributed by atoms with Crippen LogP contribution in [0.1, 0.15) is 32.3 Å². The topological polar surface area (TPSA) is 61.8 Å². The van der Waals surface area contributed by atoms with E-state index >= 15 is 0 Å². The van der Waals surface area contributed by atoms with Crippen molar-refractivity contribution in [2.45, 2.75) is 45.4 Å². The largest absolute Gasteiger partial charge is 0.389 e. The average Bonchev–Trinajstić information content (AvgIpc) is 2.60. The van der Waals surface area contributed by atoms with Crippen molar-refractivity contribution in [2.75, 3.05) is 26.2 Å². The van der Waals surface area contributed by atoms with Gasteiger partial charge < -0.3 is 20.1 Å². The number of hydrogen-bond donors (Lipinski definition) is 2. The molecule has 1 aromatic rings. The van der Waals surface area contributed by atoms with Gasteiger partial charge in [-0.25, -0.2) is 4.39 Å². The molecule has 6 heteroatoms. The van der Waals surface area contributed by atoms with E-state index in [0.29, 0.717) is 19.7 Å². The van der Waals surface area contributed by atoms with Gasteiger partial charge in [0.2, 0.25) is 5.91 Å². The number of nitrogens with zero attached hydrogens (tertiary/aromatic N) is 1. The van der Waals surface area contributed by atoms with Crippen LogP contribution in [0.25, 0.3) is 0 Å². The van der Waals surface area contributed by atoms with E-state index in [4.69, 9.17) is 4.74 Å². The van der Waals surface area contributed by atoms with Gasteiger partial charge in [-0.15, -0.1) is 0 Å². The molecule has 0 radical (unpaired) electrons. The monoisotopic (exact) mass is 352 g/mol. The maximum absolute atomic E-state index is 12.9. The smallest absolute Gasteiger partial charge is 0.223 e. The number of hydrogen-bond acceptors (Lipinski definition) is 4. The Labute approximate surface area is 149 Å². The first-order valence-electron chi connectivity index (χ1n) is 8.98. The van der Waals surface area contributed by atoms with Crippen LogP contribution in [-0.4, -0.2) is 54.4 Å². The summed E-state index contributed by atoms with van der Waals surface area (Å²) >= 11 is 0. The van der Waals surface area contributed by atoms with E-state index in [0.717, 1.165) is 31.5 Å². The molecule has 140 valence electrons. The summed E-state index contributed by atoms with van der Waals surface area (Å²) in [5.41, 5.74) is 0.889. The molecule has 0 unspecified atom stereocenters. The van der Waals surface area contributed by atoms with E-state index in [2.05, 4.69) is 10.2 Å². The number of amides is 1. The molecule has 0 aliphatic carbocycles. The standard InChI is InChI=1S/C19H29FN2O3/c1-14(2)25-13-18(23)12-22-9-7-16(8-10-22)19(24)21-11-15-3-5-17(20)6-4-15/h3-6,14,16,18,23H,7-13H2,1-2H3,(H,21,24)/t18-/m1/s1.